The highest BCUT2D eigenvalue weighted by molar-refractivity contribution is 7.90. The van der Waals surface area contributed by atoms with Gasteiger partial charge in [0.15, 0.2) is 9.84 Å². The SMILES string of the molecule is CC1CN(c2ccc(NC(=O)c3ccc(CS(=O)(=O)c4ccccc4)cc3)cn2)CC(C)O1. The van der Waals surface area contributed by atoms with E-state index in [-0.39, 0.29) is 28.8 Å². The van der Waals surface area contributed by atoms with Crippen LogP contribution in [0.4, 0.5) is 11.5 Å². The number of hydrogen-bond donors (Lipinski definition) is 1. The Balaban J connectivity index is 1.38. The normalized spacial score (nSPS) is 18.7. The number of nitrogens with one attached hydrogen (secondary N) is 1. The Morgan fingerprint density at radius 1 is 1.00 bits per heavy atom. The van der Waals surface area contributed by atoms with Crippen molar-refractivity contribution in [1.29, 1.82) is 0 Å². The molecule has 1 aliphatic rings. The van der Waals surface area contributed by atoms with Crippen molar-refractivity contribution in [3.05, 3.63) is 84.1 Å². The molecule has 0 aliphatic carbocycles. The van der Waals surface area contributed by atoms with Gasteiger partial charge in [-0.05, 0) is 55.8 Å². The van der Waals surface area contributed by atoms with Gasteiger partial charge in [0.1, 0.15) is 5.82 Å². The van der Waals surface area contributed by atoms with Crippen molar-refractivity contribution in [2.75, 3.05) is 23.3 Å². The molecule has 1 aliphatic heterocycles. The summed E-state index contributed by atoms with van der Waals surface area (Å²) >= 11 is 0. The molecule has 0 bridgehead atoms. The molecular weight excluding hydrogens is 438 g/mol. The lowest BCUT2D eigenvalue weighted by Gasteiger charge is -2.36. The predicted molar refractivity (Wildman–Crippen MR) is 128 cm³/mol. The minimum absolute atomic E-state index is 0.122. The highest BCUT2D eigenvalue weighted by atomic mass is 32.2. The molecule has 2 atom stereocenters. The lowest BCUT2D eigenvalue weighted by Crippen LogP contribution is -2.45. The van der Waals surface area contributed by atoms with Crippen molar-refractivity contribution >= 4 is 27.2 Å². The summed E-state index contributed by atoms with van der Waals surface area (Å²) in [4.78, 5) is 19.6. The average molecular weight is 466 g/mol. The van der Waals surface area contributed by atoms with E-state index < -0.39 is 9.84 Å². The van der Waals surface area contributed by atoms with Gasteiger partial charge in [-0.1, -0.05) is 30.3 Å². The van der Waals surface area contributed by atoms with E-state index in [2.05, 4.69) is 15.2 Å². The van der Waals surface area contributed by atoms with E-state index in [1.54, 1.807) is 60.8 Å². The van der Waals surface area contributed by atoms with Crippen molar-refractivity contribution in [2.24, 2.45) is 0 Å². The number of amides is 1. The highest BCUT2D eigenvalue weighted by Crippen LogP contribution is 2.21. The Kier molecular flexibility index (Phi) is 6.76. The standard InChI is InChI=1S/C25H27N3O4S/c1-18-15-28(16-19(2)32-18)24-13-12-22(14-26-24)27-25(29)21-10-8-20(9-11-21)17-33(30,31)23-6-4-3-5-7-23/h3-14,18-19H,15-17H2,1-2H3,(H,27,29). The second kappa shape index (κ2) is 9.72. The van der Waals surface area contributed by atoms with E-state index in [0.717, 1.165) is 18.9 Å². The lowest BCUT2D eigenvalue weighted by atomic mass is 10.1. The molecule has 0 saturated carbocycles. The van der Waals surface area contributed by atoms with Gasteiger partial charge in [0, 0.05) is 18.7 Å². The molecule has 2 unspecified atom stereocenters. The van der Waals surface area contributed by atoms with E-state index in [9.17, 15) is 13.2 Å². The number of rotatable bonds is 6. The topological polar surface area (TPSA) is 88.6 Å². The van der Waals surface area contributed by atoms with Gasteiger partial charge < -0.3 is 15.0 Å². The third-order valence-electron chi connectivity index (χ3n) is 5.42. The third kappa shape index (κ3) is 5.77. The van der Waals surface area contributed by atoms with Crippen LogP contribution in [0.2, 0.25) is 0 Å². The molecule has 3 aromatic rings. The fraction of sp³-hybridized carbons (Fsp3) is 0.280. The zero-order valence-corrected chi connectivity index (χ0v) is 19.5. The lowest BCUT2D eigenvalue weighted by molar-refractivity contribution is -0.00545. The molecule has 1 amide bonds. The quantitative estimate of drug-likeness (QED) is 0.594. The molecular formula is C25H27N3O4S. The van der Waals surface area contributed by atoms with Crippen LogP contribution < -0.4 is 10.2 Å². The van der Waals surface area contributed by atoms with Gasteiger partial charge in [-0.15, -0.1) is 0 Å². The first-order valence-corrected chi connectivity index (χ1v) is 12.5. The van der Waals surface area contributed by atoms with Crippen LogP contribution in [0.3, 0.4) is 0 Å². The number of nitrogens with zero attached hydrogens (tertiary/aromatic N) is 2. The number of morpholine rings is 1. The zero-order chi connectivity index (χ0) is 23.4. The molecule has 7 nitrogen and oxygen atoms in total. The zero-order valence-electron chi connectivity index (χ0n) is 18.6. The van der Waals surface area contributed by atoms with Gasteiger partial charge in [-0.25, -0.2) is 13.4 Å². The summed E-state index contributed by atoms with van der Waals surface area (Å²) in [5, 5.41) is 2.84. The van der Waals surface area contributed by atoms with Crippen LogP contribution in [0.1, 0.15) is 29.8 Å². The minimum Gasteiger partial charge on any atom is -0.372 e. The number of aromatic nitrogens is 1. The van der Waals surface area contributed by atoms with Crippen molar-refractivity contribution in [3.63, 3.8) is 0 Å². The van der Waals surface area contributed by atoms with Crippen LogP contribution in [0, 0.1) is 0 Å². The molecule has 2 aromatic carbocycles. The molecule has 1 saturated heterocycles. The number of benzene rings is 2. The fourth-order valence-electron chi connectivity index (χ4n) is 3.90. The highest BCUT2D eigenvalue weighted by Gasteiger charge is 2.23. The maximum atomic E-state index is 12.6. The van der Waals surface area contributed by atoms with Crippen LogP contribution in [0.25, 0.3) is 0 Å². The Hall–Kier alpha value is -3.23. The van der Waals surface area contributed by atoms with Gasteiger partial charge in [-0.3, -0.25) is 4.79 Å². The minimum atomic E-state index is -3.44. The smallest absolute Gasteiger partial charge is 0.255 e. The van der Waals surface area contributed by atoms with Crippen LogP contribution in [0.5, 0.6) is 0 Å². The number of carbonyl (C=O) groups excluding carboxylic acids is 1. The number of pyridine rings is 1. The summed E-state index contributed by atoms with van der Waals surface area (Å²) in [6, 6.07) is 18.6. The molecule has 33 heavy (non-hydrogen) atoms. The molecule has 2 heterocycles. The van der Waals surface area contributed by atoms with Crippen molar-refractivity contribution < 1.29 is 17.9 Å². The van der Waals surface area contributed by atoms with Gasteiger partial charge in [-0.2, -0.15) is 0 Å². The number of hydrogen-bond acceptors (Lipinski definition) is 6. The van der Waals surface area contributed by atoms with E-state index in [4.69, 9.17) is 4.74 Å². The van der Waals surface area contributed by atoms with Crippen molar-refractivity contribution in [1.82, 2.24) is 4.98 Å². The van der Waals surface area contributed by atoms with Crippen LogP contribution in [-0.4, -0.2) is 44.6 Å². The van der Waals surface area contributed by atoms with Gasteiger partial charge >= 0.3 is 0 Å². The van der Waals surface area contributed by atoms with Crippen LogP contribution >= 0.6 is 0 Å². The number of ether oxygens (including phenoxy) is 1. The molecule has 1 fully saturated rings. The first-order valence-electron chi connectivity index (χ1n) is 10.8. The maximum Gasteiger partial charge on any atom is 0.255 e. The van der Waals surface area contributed by atoms with E-state index in [0.29, 0.717) is 16.8 Å². The Morgan fingerprint density at radius 2 is 1.67 bits per heavy atom. The van der Waals surface area contributed by atoms with E-state index in [1.807, 2.05) is 26.0 Å². The van der Waals surface area contributed by atoms with Crippen LogP contribution in [-0.2, 0) is 20.3 Å². The second-order valence-corrected chi connectivity index (χ2v) is 10.3. The Bertz CT molecular complexity index is 1190. The molecule has 4 rings (SSSR count). The van der Waals surface area contributed by atoms with Gasteiger partial charge in [0.25, 0.3) is 5.91 Å². The largest absolute Gasteiger partial charge is 0.372 e. The maximum absolute atomic E-state index is 12.6. The number of carbonyl (C=O) groups is 1. The summed E-state index contributed by atoms with van der Waals surface area (Å²) in [7, 11) is -3.44. The molecule has 8 heteroatoms. The van der Waals surface area contributed by atoms with E-state index in [1.165, 1.54) is 0 Å². The third-order valence-corrected chi connectivity index (χ3v) is 7.13. The van der Waals surface area contributed by atoms with Gasteiger partial charge in [0.05, 0.1) is 34.7 Å². The molecule has 1 aromatic heterocycles. The summed E-state index contributed by atoms with van der Waals surface area (Å²) < 4.78 is 30.8. The fourth-order valence-corrected chi connectivity index (χ4v) is 5.27. The number of anilines is 2. The average Bonchev–Trinajstić information content (AvgIpc) is 2.80. The Morgan fingerprint density at radius 3 is 2.27 bits per heavy atom. The molecule has 1 N–H and O–H groups in total. The number of sulfone groups is 1. The second-order valence-electron chi connectivity index (χ2n) is 8.29. The van der Waals surface area contributed by atoms with Crippen molar-refractivity contribution in [3.8, 4) is 0 Å². The first-order chi connectivity index (χ1) is 15.8. The summed E-state index contributed by atoms with van der Waals surface area (Å²) in [6.07, 6.45) is 1.92. The molecule has 0 spiro atoms. The Labute approximate surface area is 194 Å². The van der Waals surface area contributed by atoms with Crippen molar-refractivity contribution in [2.45, 2.75) is 36.7 Å². The van der Waals surface area contributed by atoms with Crippen LogP contribution in [0.15, 0.2) is 77.8 Å². The molecule has 172 valence electrons. The summed E-state index contributed by atoms with van der Waals surface area (Å²) in [5.74, 6) is 0.442. The van der Waals surface area contributed by atoms with Gasteiger partial charge in [0.2, 0.25) is 0 Å². The summed E-state index contributed by atoms with van der Waals surface area (Å²) in [6.45, 7) is 5.63. The summed E-state index contributed by atoms with van der Waals surface area (Å²) in [5.41, 5.74) is 1.65. The predicted octanol–water partition coefficient (Wildman–Crippen LogP) is 3.92. The first kappa shape index (κ1) is 22.9. The van der Waals surface area contributed by atoms with E-state index >= 15 is 0 Å². The monoisotopic (exact) mass is 465 g/mol. The molecule has 0 radical (unpaired) electrons.